The maximum atomic E-state index is 11.7. The van der Waals surface area contributed by atoms with E-state index < -0.39 is 12.7 Å². The van der Waals surface area contributed by atoms with Crippen molar-refractivity contribution in [1.29, 1.82) is 0 Å². The minimum Gasteiger partial charge on any atom is -0.330 e. The van der Waals surface area contributed by atoms with E-state index in [1.165, 1.54) is 0 Å². The molecule has 0 rings (SSSR count). The van der Waals surface area contributed by atoms with Gasteiger partial charge in [-0.15, -0.1) is 0 Å². The molecule has 1 atom stereocenters. The van der Waals surface area contributed by atoms with Gasteiger partial charge in [-0.05, 0) is 13.0 Å². The molecule has 0 aliphatic carbocycles. The first-order valence-electron chi connectivity index (χ1n) is 2.91. The van der Waals surface area contributed by atoms with E-state index in [9.17, 15) is 4.39 Å². The van der Waals surface area contributed by atoms with Gasteiger partial charge in [0.1, 0.15) is 6.67 Å². The Morgan fingerprint density at radius 2 is 2.22 bits per heavy atom. The molecular formula is C6H13FN2. The van der Waals surface area contributed by atoms with Crippen molar-refractivity contribution in [3.63, 3.8) is 0 Å². The standard InChI is InChI=1S/C6H13FN2/c1-5(2-3-8)6(9)4-7/h6H,1-4,8-9H2. The number of hydrogen-bond acceptors (Lipinski definition) is 2. The van der Waals surface area contributed by atoms with Gasteiger partial charge < -0.3 is 11.5 Å². The van der Waals surface area contributed by atoms with E-state index in [-0.39, 0.29) is 0 Å². The lowest BCUT2D eigenvalue weighted by atomic mass is 10.1. The minimum atomic E-state index is -0.543. The van der Waals surface area contributed by atoms with Crippen LogP contribution >= 0.6 is 0 Å². The van der Waals surface area contributed by atoms with E-state index in [1.807, 2.05) is 0 Å². The number of hydrogen-bond donors (Lipinski definition) is 2. The molecule has 0 aliphatic heterocycles. The summed E-state index contributed by atoms with van der Waals surface area (Å²) in [7, 11) is 0. The zero-order valence-corrected chi connectivity index (χ0v) is 5.44. The van der Waals surface area contributed by atoms with Gasteiger partial charge in [-0.25, -0.2) is 4.39 Å². The van der Waals surface area contributed by atoms with Crippen LogP contribution in [0.2, 0.25) is 0 Å². The molecule has 0 spiro atoms. The largest absolute Gasteiger partial charge is 0.330 e. The van der Waals surface area contributed by atoms with Crippen molar-refractivity contribution in [3.05, 3.63) is 12.2 Å². The molecular weight excluding hydrogens is 119 g/mol. The zero-order valence-electron chi connectivity index (χ0n) is 5.44. The Kier molecular flexibility index (Phi) is 4.26. The van der Waals surface area contributed by atoms with Crippen molar-refractivity contribution in [2.75, 3.05) is 13.2 Å². The fourth-order valence-electron chi connectivity index (χ4n) is 0.480. The summed E-state index contributed by atoms with van der Waals surface area (Å²) in [5.74, 6) is 0. The molecule has 0 radical (unpaired) electrons. The van der Waals surface area contributed by atoms with Crippen molar-refractivity contribution < 1.29 is 4.39 Å². The Labute approximate surface area is 54.7 Å². The van der Waals surface area contributed by atoms with Gasteiger partial charge in [-0.1, -0.05) is 12.2 Å². The van der Waals surface area contributed by atoms with Gasteiger partial charge in [0.15, 0.2) is 0 Å². The van der Waals surface area contributed by atoms with Gasteiger partial charge in [0, 0.05) is 0 Å². The molecule has 0 aromatic heterocycles. The Hall–Kier alpha value is -0.410. The first kappa shape index (κ1) is 8.59. The third-order valence-electron chi connectivity index (χ3n) is 1.16. The molecule has 0 aromatic rings. The van der Waals surface area contributed by atoms with E-state index >= 15 is 0 Å². The maximum absolute atomic E-state index is 11.7. The van der Waals surface area contributed by atoms with Crippen LogP contribution in [0, 0.1) is 0 Å². The van der Waals surface area contributed by atoms with E-state index in [0.717, 1.165) is 0 Å². The van der Waals surface area contributed by atoms with Crippen LogP contribution in [0.15, 0.2) is 12.2 Å². The second-order valence-electron chi connectivity index (χ2n) is 1.96. The minimum absolute atomic E-state index is 0.493. The van der Waals surface area contributed by atoms with Crippen LogP contribution in [0.25, 0.3) is 0 Å². The number of halogens is 1. The second-order valence-corrected chi connectivity index (χ2v) is 1.96. The topological polar surface area (TPSA) is 52.0 Å². The molecule has 0 amide bonds. The normalized spacial score (nSPS) is 13.2. The summed E-state index contributed by atoms with van der Waals surface area (Å²) in [5.41, 5.74) is 11.1. The van der Waals surface area contributed by atoms with Crippen LogP contribution in [0.1, 0.15) is 6.42 Å². The molecule has 4 N–H and O–H groups in total. The number of alkyl halides is 1. The first-order valence-corrected chi connectivity index (χ1v) is 2.91. The molecule has 0 aliphatic rings. The van der Waals surface area contributed by atoms with Crippen LogP contribution in [0.5, 0.6) is 0 Å². The lowest BCUT2D eigenvalue weighted by Crippen LogP contribution is -2.25. The molecule has 0 bridgehead atoms. The fourth-order valence-corrected chi connectivity index (χ4v) is 0.480. The van der Waals surface area contributed by atoms with Gasteiger partial charge in [0.25, 0.3) is 0 Å². The van der Waals surface area contributed by atoms with Gasteiger partial charge in [-0.2, -0.15) is 0 Å². The highest BCUT2D eigenvalue weighted by atomic mass is 19.1. The molecule has 0 saturated carbocycles. The molecule has 54 valence electrons. The Morgan fingerprint density at radius 1 is 1.67 bits per heavy atom. The Bertz CT molecular complexity index is 93.1. The number of nitrogens with two attached hydrogens (primary N) is 2. The van der Waals surface area contributed by atoms with E-state index in [2.05, 4.69) is 6.58 Å². The molecule has 0 heterocycles. The summed E-state index contributed by atoms with van der Waals surface area (Å²) in [5, 5.41) is 0. The summed E-state index contributed by atoms with van der Waals surface area (Å²) < 4.78 is 11.7. The summed E-state index contributed by atoms with van der Waals surface area (Å²) in [4.78, 5) is 0. The van der Waals surface area contributed by atoms with Crippen molar-refractivity contribution in [3.8, 4) is 0 Å². The zero-order chi connectivity index (χ0) is 7.28. The molecule has 1 unspecified atom stereocenters. The van der Waals surface area contributed by atoms with Crippen LogP contribution in [-0.4, -0.2) is 19.3 Å². The average molecular weight is 132 g/mol. The molecule has 2 nitrogen and oxygen atoms in total. The third kappa shape index (κ3) is 3.21. The third-order valence-corrected chi connectivity index (χ3v) is 1.16. The van der Waals surface area contributed by atoms with Gasteiger partial charge in [0.05, 0.1) is 6.04 Å². The fraction of sp³-hybridized carbons (Fsp3) is 0.667. The van der Waals surface area contributed by atoms with Gasteiger partial charge in [-0.3, -0.25) is 0 Å². The van der Waals surface area contributed by atoms with Crippen molar-refractivity contribution in [2.24, 2.45) is 11.5 Å². The summed E-state index contributed by atoms with van der Waals surface area (Å²) in [6.45, 7) is 3.52. The van der Waals surface area contributed by atoms with Crippen molar-refractivity contribution in [1.82, 2.24) is 0 Å². The summed E-state index contributed by atoms with van der Waals surface area (Å²) in [6, 6.07) is -0.520. The Morgan fingerprint density at radius 3 is 2.56 bits per heavy atom. The summed E-state index contributed by atoms with van der Waals surface area (Å²) >= 11 is 0. The molecule has 0 aromatic carbocycles. The lowest BCUT2D eigenvalue weighted by Gasteiger charge is -2.08. The van der Waals surface area contributed by atoms with E-state index in [1.54, 1.807) is 0 Å². The molecule has 3 heteroatoms. The SMILES string of the molecule is C=C(CCN)C(N)CF. The lowest BCUT2D eigenvalue weighted by molar-refractivity contribution is 0.451. The van der Waals surface area contributed by atoms with Gasteiger partial charge in [0.2, 0.25) is 0 Å². The quantitative estimate of drug-likeness (QED) is 0.536. The second kappa shape index (κ2) is 4.47. The maximum Gasteiger partial charge on any atom is 0.108 e. The number of rotatable bonds is 4. The van der Waals surface area contributed by atoms with Crippen molar-refractivity contribution >= 4 is 0 Å². The monoisotopic (exact) mass is 132 g/mol. The predicted octanol–water partition coefficient (Wildman–Crippen LogP) is 0.188. The van der Waals surface area contributed by atoms with E-state index in [4.69, 9.17) is 11.5 Å². The average Bonchev–Trinajstić information content (AvgIpc) is 1.87. The Balaban J connectivity index is 3.46. The predicted molar refractivity (Wildman–Crippen MR) is 36.8 cm³/mol. The summed E-state index contributed by atoms with van der Waals surface area (Å²) in [6.07, 6.45) is 0.616. The van der Waals surface area contributed by atoms with Crippen molar-refractivity contribution in [2.45, 2.75) is 12.5 Å². The highest BCUT2D eigenvalue weighted by Crippen LogP contribution is 2.00. The van der Waals surface area contributed by atoms with Crippen LogP contribution in [0.4, 0.5) is 4.39 Å². The smallest absolute Gasteiger partial charge is 0.108 e. The van der Waals surface area contributed by atoms with Gasteiger partial charge >= 0.3 is 0 Å². The molecule has 0 saturated heterocycles. The highest BCUT2D eigenvalue weighted by Gasteiger charge is 2.03. The van der Waals surface area contributed by atoms with Crippen LogP contribution < -0.4 is 11.5 Å². The highest BCUT2D eigenvalue weighted by molar-refractivity contribution is 5.04. The van der Waals surface area contributed by atoms with Crippen LogP contribution in [-0.2, 0) is 0 Å². The van der Waals surface area contributed by atoms with E-state index in [0.29, 0.717) is 18.5 Å². The van der Waals surface area contributed by atoms with Crippen LogP contribution in [0.3, 0.4) is 0 Å². The molecule has 9 heavy (non-hydrogen) atoms. The molecule has 0 fully saturated rings. The first-order chi connectivity index (χ1) is 4.22.